The number of pyridine rings is 1. The summed E-state index contributed by atoms with van der Waals surface area (Å²) in [4.78, 5) is 8.24. The van der Waals surface area contributed by atoms with Crippen molar-refractivity contribution in [1.29, 1.82) is 0 Å². The predicted molar refractivity (Wildman–Crippen MR) is 145 cm³/mol. The summed E-state index contributed by atoms with van der Waals surface area (Å²) in [5.41, 5.74) is 2.63. The van der Waals surface area contributed by atoms with E-state index in [4.69, 9.17) is 16.3 Å². The minimum atomic E-state index is -0.730. The van der Waals surface area contributed by atoms with Crippen molar-refractivity contribution in [3.63, 3.8) is 0 Å². The van der Waals surface area contributed by atoms with Crippen molar-refractivity contribution in [2.24, 2.45) is 5.41 Å². The zero-order chi connectivity index (χ0) is 24.8. The third-order valence-electron chi connectivity index (χ3n) is 7.36. The van der Waals surface area contributed by atoms with E-state index in [0.29, 0.717) is 22.8 Å². The second kappa shape index (κ2) is 11.9. The molecule has 188 valence electrons. The normalized spacial score (nSPS) is 16.9. The number of halogens is 1. The predicted octanol–water partition coefficient (Wildman–Crippen LogP) is 5.89. The molecular weight excluding hydrogens is 480 g/mol. The lowest BCUT2D eigenvalue weighted by Crippen LogP contribution is -2.43. The first-order valence-electron chi connectivity index (χ1n) is 12.3. The van der Waals surface area contributed by atoms with Gasteiger partial charge in [0.1, 0.15) is 5.75 Å². The van der Waals surface area contributed by atoms with Gasteiger partial charge in [-0.25, -0.2) is 0 Å². The van der Waals surface area contributed by atoms with Gasteiger partial charge in [0.15, 0.2) is 0 Å². The zero-order valence-electron chi connectivity index (χ0n) is 20.5. The van der Waals surface area contributed by atoms with E-state index in [1.807, 2.05) is 30.0 Å². The standard InChI is InChI=1S/C28H35ClN2O3S/c1-20-5-3-4-6-26(20)35-16-15-31-13-11-28(19-32,12-14-31)10-9-25(33)27-22-17-21(34-2)7-8-24(22)30-18-23(27)29/h3-8,17-18,25,32-33H,9-16,19H2,1-2H3/t25-/m0/s1. The summed E-state index contributed by atoms with van der Waals surface area (Å²) in [5, 5.41) is 22.7. The molecule has 1 aliphatic rings. The molecule has 3 aromatic rings. The van der Waals surface area contributed by atoms with Gasteiger partial charge in [0.05, 0.1) is 23.8 Å². The van der Waals surface area contributed by atoms with E-state index in [0.717, 1.165) is 55.6 Å². The zero-order valence-corrected chi connectivity index (χ0v) is 22.1. The van der Waals surface area contributed by atoms with Gasteiger partial charge < -0.3 is 19.8 Å². The highest BCUT2D eigenvalue weighted by Crippen LogP contribution is 2.40. The summed E-state index contributed by atoms with van der Waals surface area (Å²) in [6.45, 7) is 5.29. The molecule has 2 aromatic carbocycles. The van der Waals surface area contributed by atoms with Gasteiger partial charge in [-0.05, 0) is 80.9 Å². The first-order valence-corrected chi connectivity index (χ1v) is 13.6. The molecule has 0 radical (unpaired) electrons. The number of piperidine rings is 1. The smallest absolute Gasteiger partial charge is 0.119 e. The Balaban J connectivity index is 1.34. The van der Waals surface area contributed by atoms with E-state index in [1.54, 1.807) is 13.3 Å². The third kappa shape index (κ3) is 6.30. The SMILES string of the molecule is COc1ccc2ncc(Cl)c([C@@H](O)CCC3(CO)CCN(CCSc4ccccc4C)CC3)c2c1. The van der Waals surface area contributed by atoms with Crippen LogP contribution in [-0.4, -0.2) is 59.2 Å². The van der Waals surface area contributed by atoms with Crippen molar-refractivity contribution >= 4 is 34.3 Å². The Labute approximate surface area is 217 Å². The second-order valence-corrected chi connectivity index (χ2v) is 11.1. The summed E-state index contributed by atoms with van der Waals surface area (Å²) in [6, 6.07) is 14.1. The molecule has 0 spiro atoms. The summed E-state index contributed by atoms with van der Waals surface area (Å²) >= 11 is 8.40. The number of aliphatic hydroxyl groups excluding tert-OH is 2. The average molecular weight is 515 g/mol. The maximum absolute atomic E-state index is 11.2. The number of rotatable bonds is 10. The van der Waals surface area contributed by atoms with Crippen LogP contribution in [0.5, 0.6) is 5.75 Å². The van der Waals surface area contributed by atoms with Crippen LogP contribution in [0.15, 0.2) is 53.6 Å². The highest BCUT2D eigenvalue weighted by molar-refractivity contribution is 7.99. The lowest BCUT2D eigenvalue weighted by Gasteiger charge is -2.41. The Kier molecular flexibility index (Phi) is 8.95. The van der Waals surface area contributed by atoms with Crippen LogP contribution in [0, 0.1) is 12.3 Å². The molecule has 1 aliphatic heterocycles. The van der Waals surface area contributed by atoms with Crippen LogP contribution in [0.25, 0.3) is 10.9 Å². The minimum absolute atomic E-state index is 0.143. The van der Waals surface area contributed by atoms with Crippen LogP contribution in [-0.2, 0) is 0 Å². The number of aromatic nitrogens is 1. The molecule has 1 saturated heterocycles. The van der Waals surface area contributed by atoms with Gasteiger partial charge in [-0.1, -0.05) is 29.8 Å². The molecule has 0 saturated carbocycles. The van der Waals surface area contributed by atoms with Crippen LogP contribution < -0.4 is 4.74 Å². The van der Waals surface area contributed by atoms with Crippen molar-refractivity contribution in [2.75, 3.05) is 39.1 Å². The van der Waals surface area contributed by atoms with Crippen molar-refractivity contribution in [3.05, 3.63) is 64.8 Å². The van der Waals surface area contributed by atoms with E-state index in [-0.39, 0.29) is 12.0 Å². The molecule has 2 heterocycles. The van der Waals surface area contributed by atoms with Gasteiger partial charge in [0.2, 0.25) is 0 Å². The summed E-state index contributed by atoms with van der Waals surface area (Å²) in [6.07, 6.45) is 4.03. The molecule has 0 amide bonds. The molecule has 0 unspecified atom stereocenters. The Hall–Kier alpha value is -1.83. The molecule has 1 atom stereocenters. The second-order valence-electron chi connectivity index (χ2n) is 9.57. The van der Waals surface area contributed by atoms with Crippen LogP contribution in [0.2, 0.25) is 5.02 Å². The third-order valence-corrected chi connectivity index (χ3v) is 8.82. The number of fused-ring (bicyclic) bond motifs is 1. The van der Waals surface area contributed by atoms with Gasteiger partial charge >= 0.3 is 0 Å². The quantitative estimate of drug-likeness (QED) is 0.329. The van der Waals surface area contributed by atoms with E-state index in [1.165, 1.54) is 10.5 Å². The van der Waals surface area contributed by atoms with Gasteiger partial charge in [0, 0.05) is 40.9 Å². The Morgan fingerprint density at radius 2 is 1.97 bits per heavy atom. The fourth-order valence-corrected chi connectivity index (χ4v) is 6.28. The van der Waals surface area contributed by atoms with Crippen LogP contribution >= 0.6 is 23.4 Å². The number of hydrogen-bond donors (Lipinski definition) is 2. The molecule has 0 aliphatic carbocycles. The number of aryl methyl sites for hydroxylation is 1. The molecule has 35 heavy (non-hydrogen) atoms. The van der Waals surface area contributed by atoms with Crippen LogP contribution in [0.3, 0.4) is 0 Å². The number of hydrogen-bond acceptors (Lipinski definition) is 6. The lowest BCUT2D eigenvalue weighted by atomic mass is 9.74. The number of aliphatic hydroxyl groups is 2. The Morgan fingerprint density at radius 3 is 2.69 bits per heavy atom. The van der Waals surface area contributed by atoms with Gasteiger partial charge in [-0.3, -0.25) is 4.98 Å². The molecule has 1 fully saturated rings. The Morgan fingerprint density at radius 1 is 1.20 bits per heavy atom. The van der Waals surface area contributed by atoms with Crippen LogP contribution in [0.1, 0.15) is 42.9 Å². The van der Waals surface area contributed by atoms with Gasteiger partial charge in [0.25, 0.3) is 0 Å². The maximum Gasteiger partial charge on any atom is 0.119 e. The van der Waals surface area contributed by atoms with E-state index >= 15 is 0 Å². The molecule has 2 N–H and O–H groups in total. The fourth-order valence-electron chi connectivity index (χ4n) is 4.96. The molecule has 0 bridgehead atoms. The molecule has 7 heteroatoms. The van der Waals surface area contributed by atoms with Gasteiger partial charge in [-0.2, -0.15) is 0 Å². The number of likely N-dealkylation sites (tertiary alicyclic amines) is 1. The van der Waals surface area contributed by atoms with E-state index < -0.39 is 6.10 Å². The Bertz CT molecular complexity index is 1130. The number of benzene rings is 2. The lowest BCUT2D eigenvalue weighted by molar-refractivity contribution is 0.0254. The first-order chi connectivity index (χ1) is 16.9. The number of nitrogens with zero attached hydrogens (tertiary/aromatic N) is 2. The van der Waals surface area contributed by atoms with Crippen molar-refractivity contribution in [2.45, 2.75) is 43.6 Å². The highest BCUT2D eigenvalue weighted by atomic mass is 35.5. The fraction of sp³-hybridized carbons (Fsp3) is 0.464. The maximum atomic E-state index is 11.2. The summed E-state index contributed by atoms with van der Waals surface area (Å²) in [5.74, 6) is 1.77. The monoisotopic (exact) mass is 514 g/mol. The molecule has 4 rings (SSSR count). The topological polar surface area (TPSA) is 65.8 Å². The average Bonchev–Trinajstić information content (AvgIpc) is 2.89. The van der Waals surface area contributed by atoms with E-state index in [2.05, 4.69) is 41.1 Å². The number of methoxy groups -OCH3 is 1. The largest absolute Gasteiger partial charge is 0.497 e. The summed E-state index contributed by atoms with van der Waals surface area (Å²) < 4.78 is 5.36. The van der Waals surface area contributed by atoms with Gasteiger partial charge in [-0.15, -0.1) is 11.8 Å². The molecular formula is C28H35ClN2O3S. The van der Waals surface area contributed by atoms with Crippen molar-refractivity contribution in [1.82, 2.24) is 9.88 Å². The molecule has 5 nitrogen and oxygen atoms in total. The number of thioether (sulfide) groups is 1. The minimum Gasteiger partial charge on any atom is -0.497 e. The molecule has 1 aromatic heterocycles. The van der Waals surface area contributed by atoms with Crippen molar-refractivity contribution in [3.8, 4) is 5.75 Å². The van der Waals surface area contributed by atoms with Crippen LogP contribution in [0.4, 0.5) is 0 Å². The van der Waals surface area contributed by atoms with E-state index in [9.17, 15) is 10.2 Å². The first kappa shape index (κ1) is 26.2. The van der Waals surface area contributed by atoms with Crippen molar-refractivity contribution < 1.29 is 14.9 Å². The summed E-state index contributed by atoms with van der Waals surface area (Å²) in [7, 11) is 1.62. The number of ether oxygens (including phenoxy) is 1. The highest BCUT2D eigenvalue weighted by Gasteiger charge is 2.34.